The molecule has 0 aromatic rings. The van der Waals surface area contributed by atoms with Gasteiger partial charge in [0.15, 0.2) is 0 Å². The molecule has 0 aliphatic carbocycles. The predicted molar refractivity (Wildman–Crippen MR) is 111 cm³/mol. The SMILES string of the molecule is CC(C)(C)CC(C)(C)C(=O)OC(C(=O)O)C(OC(=O)C(C)(C)CC(C)(C)C)C(=O)O. The molecular weight excluding hydrogens is 392 g/mol. The first-order valence-electron chi connectivity index (χ1n) is 9.97. The molecule has 0 radical (unpaired) electrons. The summed E-state index contributed by atoms with van der Waals surface area (Å²) in [6.45, 7) is 17.8. The maximum atomic E-state index is 12.6. The van der Waals surface area contributed by atoms with E-state index in [2.05, 4.69) is 0 Å². The molecule has 0 heterocycles. The third-order valence-corrected chi connectivity index (χ3v) is 4.28. The van der Waals surface area contributed by atoms with Crippen molar-refractivity contribution in [2.45, 2.75) is 94.3 Å². The van der Waals surface area contributed by atoms with E-state index in [1.807, 2.05) is 41.5 Å². The monoisotopic (exact) mass is 430 g/mol. The fraction of sp³-hybridized carbons (Fsp3) is 0.818. The van der Waals surface area contributed by atoms with E-state index in [4.69, 9.17) is 9.47 Å². The van der Waals surface area contributed by atoms with Crippen LogP contribution in [-0.4, -0.2) is 46.3 Å². The summed E-state index contributed by atoms with van der Waals surface area (Å²) in [6, 6.07) is 0. The zero-order chi connectivity index (χ0) is 24.3. The molecule has 2 N–H and O–H groups in total. The quantitative estimate of drug-likeness (QED) is 0.527. The molecule has 0 fully saturated rings. The number of rotatable bonds is 9. The van der Waals surface area contributed by atoms with E-state index in [9.17, 15) is 29.4 Å². The first-order valence-corrected chi connectivity index (χ1v) is 9.97. The number of esters is 2. The zero-order valence-electron chi connectivity index (χ0n) is 19.9. The third kappa shape index (κ3) is 9.13. The molecule has 0 aromatic carbocycles. The number of hydrogen-bond acceptors (Lipinski definition) is 6. The number of aliphatic carboxylic acids is 2. The molecule has 0 aliphatic heterocycles. The lowest BCUT2D eigenvalue weighted by Crippen LogP contribution is -2.49. The Hall–Kier alpha value is -2.12. The highest BCUT2D eigenvalue weighted by atomic mass is 16.6. The van der Waals surface area contributed by atoms with Gasteiger partial charge < -0.3 is 19.7 Å². The molecule has 8 nitrogen and oxygen atoms in total. The van der Waals surface area contributed by atoms with Crippen LogP contribution in [0.2, 0.25) is 0 Å². The van der Waals surface area contributed by atoms with E-state index in [1.165, 1.54) is 0 Å². The molecule has 2 atom stereocenters. The van der Waals surface area contributed by atoms with Gasteiger partial charge in [0.2, 0.25) is 12.2 Å². The first kappa shape index (κ1) is 27.9. The van der Waals surface area contributed by atoms with Crippen molar-refractivity contribution >= 4 is 23.9 Å². The van der Waals surface area contributed by atoms with E-state index in [0.717, 1.165) is 0 Å². The molecule has 0 aliphatic rings. The standard InChI is InChI=1S/C22H38O8/c1-19(2,3)11-21(7,8)17(27)29-13(15(23)24)14(16(25)26)30-18(28)22(9,10)12-20(4,5)6/h13-14H,11-12H2,1-10H3,(H,23,24)(H,25,26). The predicted octanol–water partition coefficient (Wildman–Crippen LogP) is 3.90. The number of ether oxygens (including phenoxy) is 2. The van der Waals surface area contributed by atoms with Gasteiger partial charge >= 0.3 is 23.9 Å². The minimum Gasteiger partial charge on any atom is -0.478 e. The molecule has 0 amide bonds. The minimum absolute atomic E-state index is 0.253. The summed E-state index contributed by atoms with van der Waals surface area (Å²) >= 11 is 0. The van der Waals surface area contributed by atoms with Gasteiger partial charge in [0.25, 0.3) is 0 Å². The Morgan fingerprint density at radius 3 is 1.00 bits per heavy atom. The molecule has 2 unspecified atom stereocenters. The third-order valence-electron chi connectivity index (χ3n) is 4.28. The molecule has 30 heavy (non-hydrogen) atoms. The van der Waals surface area contributed by atoms with Gasteiger partial charge in [0.05, 0.1) is 10.8 Å². The normalized spacial score (nSPS) is 15.1. The Bertz CT molecular complexity index is 604. The van der Waals surface area contributed by atoms with Gasteiger partial charge in [-0.1, -0.05) is 41.5 Å². The van der Waals surface area contributed by atoms with Crippen LogP contribution in [0.3, 0.4) is 0 Å². The van der Waals surface area contributed by atoms with Crippen LogP contribution in [0.25, 0.3) is 0 Å². The second-order valence-corrected chi connectivity index (χ2v) is 11.6. The summed E-state index contributed by atoms with van der Waals surface area (Å²) in [6.07, 6.45) is -3.57. The summed E-state index contributed by atoms with van der Waals surface area (Å²) in [5, 5.41) is 19.0. The summed E-state index contributed by atoms with van der Waals surface area (Å²) < 4.78 is 10.1. The molecule has 0 spiro atoms. The molecule has 0 aromatic heterocycles. The molecule has 174 valence electrons. The van der Waals surface area contributed by atoms with Gasteiger partial charge in [-0.25, -0.2) is 9.59 Å². The lowest BCUT2D eigenvalue weighted by Gasteiger charge is -2.33. The van der Waals surface area contributed by atoms with Crippen molar-refractivity contribution in [1.82, 2.24) is 0 Å². The smallest absolute Gasteiger partial charge is 0.349 e. The Balaban J connectivity index is 5.69. The Kier molecular flexibility index (Phi) is 8.69. The summed E-state index contributed by atoms with van der Waals surface area (Å²) in [4.78, 5) is 48.7. The number of carboxylic acids is 2. The van der Waals surface area contributed by atoms with Gasteiger partial charge in [0.1, 0.15) is 0 Å². The fourth-order valence-corrected chi connectivity index (χ4v) is 3.83. The maximum absolute atomic E-state index is 12.6. The highest BCUT2D eigenvalue weighted by molar-refractivity contribution is 5.89. The Morgan fingerprint density at radius 1 is 0.600 bits per heavy atom. The van der Waals surface area contributed by atoms with E-state index in [-0.39, 0.29) is 10.8 Å². The van der Waals surface area contributed by atoms with Crippen molar-refractivity contribution < 1.29 is 38.9 Å². The molecule has 0 saturated carbocycles. The molecule has 0 bridgehead atoms. The topological polar surface area (TPSA) is 127 Å². The van der Waals surface area contributed by atoms with Crippen molar-refractivity contribution in [3.63, 3.8) is 0 Å². The number of hydrogen-bond donors (Lipinski definition) is 2. The maximum Gasteiger partial charge on any atom is 0.349 e. The zero-order valence-corrected chi connectivity index (χ0v) is 19.9. The van der Waals surface area contributed by atoms with Crippen LogP contribution in [0.15, 0.2) is 0 Å². The summed E-state index contributed by atoms with van der Waals surface area (Å²) in [7, 11) is 0. The van der Waals surface area contributed by atoms with Crippen molar-refractivity contribution in [2.75, 3.05) is 0 Å². The second-order valence-electron chi connectivity index (χ2n) is 11.6. The molecule has 0 saturated heterocycles. The minimum atomic E-state index is -2.16. The van der Waals surface area contributed by atoms with E-state index in [1.54, 1.807) is 27.7 Å². The number of carboxylic acid groups (broad SMARTS) is 2. The van der Waals surface area contributed by atoms with Crippen LogP contribution in [0.4, 0.5) is 0 Å². The van der Waals surface area contributed by atoms with Gasteiger partial charge in [-0.05, 0) is 51.4 Å². The van der Waals surface area contributed by atoms with E-state index >= 15 is 0 Å². The summed E-state index contributed by atoms with van der Waals surface area (Å²) in [5.74, 6) is -5.16. The van der Waals surface area contributed by atoms with Crippen LogP contribution in [0, 0.1) is 21.7 Å². The van der Waals surface area contributed by atoms with Crippen molar-refractivity contribution in [3.05, 3.63) is 0 Å². The average molecular weight is 431 g/mol. The Labute approximate surface area is 179 Å². The van der Waals surface area contributed by atoms with Crippen molar-refractivity contribution in [1.29, 1.82) is 0 Å². The molecule has 0 rings (SSSR count). The van der Waals surface area contributed by atoms with Crippen molar-refractivity contribution in [2.24, 2.45) is 21.7 Å². The van der Waals surface area contributed by atoms with Gasteiger partial charge in [-0.15, -0.1) is 0 Å². The van der Waals surface area contributed by atoms with Crippen molar-refractivity contribution in [3.8, 4) is 0 Å². The summed E-state index contributed by atoms with van der Waals surface area (Å²) in [5.41, 5.74) is -2.64. The fourth-order valence-electron chi connectivity index (χ4n) is 3.83. The van der Waals surface area contributed by atoms with Gasteiger partial charge in [-0.3, -0.25) is 9.59 Å². The van der Waals surface area contributed by atoms with Gasteiger partial charge in [-0.2, -0.15) is 0 Å². The van der Waals surface area contributed by atoms with E-state index < -0.39 is 46.9 Å². The highest BCUT2D eigenvalue weighted by Crippen LogP contribution is 2.36. The van der Waals surface area contributed by atoms with Crippen LogP contribution >= 0.6 is 0 Å². The number of carbonyl (C=O) groups excluding carboxylic acids is 2. The molecule has 8 heteroatoms. The lowest BCUT2D eigenvalue weighted by molar-refractivity contribution is -0.195. The highest BCUT2D eigenvalue weighted by Gasteiger charge is 2.46. The first-order chi connectivity index (χ1) is 13.1. The largest absolute Gasteiger partial charge is 0.478 e. The Morgan fingerprint density at radius 2 is 0.833 bits per heavy atom. The van der Waals surface area contributed by atoms with Gasteiger partial charge in [0, 0.05) is 0 Å². The molecular formula is C22H38O8. The van der Waals surface area contributed by atoms with Crippen LogP contribution in [0.1, 0.15) is 82.1 Å². The number of carbonyl (C=O) groups is 4. The lowest BCUT2D eigenvalue weighted by atomic mass is 9.76. The van der Waals surface area contributed by atoms with Crippen LogP contribution in [-0.2, 0) is 28.7 Å². The van der Waals surface area contributed by atoms with Crippen LogP contribution < -0.4 is 0 Å². The average Bonchev–Trinajstić information content (AvgIpc) is 2.44. The van der Waals surface area contributed by atoms with E-state index in [0.29, 0.717) is 12.8 Å². The second kappa shape index (κ2) is 9.35. The van der Waals surface area contributed by atoms with Crippen LogP contribution in [0.5, 0.6) is 0 Å².